The van der Waals surface area contributed by atoms with E-state index < -0.39 is 5.76 Å². The van der Waals surface area contributed by atoms with Crippen molar-refractivity contribution in [3.05, 3.63) is 16.4 Å². The van der Waals surface area contributed by atoms with Crippen LogP contribution >= 0.6 is 0 Å². The Kier molecular flexibility index (Phi) is 1.92. The number of nitrogens with one attached hydrogen (secondary N) is 2. The predicted molar refractivity (Wildman–Crippen MR) is 38.7 cm³/mol. The lowest BCUT2D eigenvalue weighted by Crippen LogP contribution is -2.35. The van der Waals surface area contributed by atoms with Gasteiger partial charge in [0, 0.05) is 6.54 Å². The van der Waals surface area contributed by atoms with Gasteiger partial charge in [-0.2, -0.15) is 0 Å². The second-order valence-corrected chi connectivity index (χ2v) is 2.56. The molecule has 0 unspecified atom stereocenters. The molecule has 1 aromatic rings. The lowest BCUT2D eigenvalue weighted by molar-refractivity contribution is 0.0734. The Morgan fingerprint density at radius 2 is 2.50 bits per heavy atom. The van der Waals surface area contributed by atoms with E-state index in [9.17, 15) is 4.79 Å². The van der Waals surface area contributed by atoms with Crippen LogP contribution in [0.3, 0.4) is 0 Å². The van der Waals surface area contributed by atoms with Crippen molar-refractivity contribution in [3.8, 4) is 0 Å². The molecule has 2 heterocycles. The molecule has 1 aliphatic heterocycles. The quantitative estimate of drug-likeness (QED) is 0.568. The largest absolute Gasteiger partial charge is 0.438 e. The van der Waals surface area contributed by atoms with Crippen molar-refractivity contribution in [2.24, 2.45) is 0 Å². The Balaban J connectivity index is 2.13. The summed E-state index contributed by atoms with van der Waals surface area (Å²) < 4.78 is 9.54. The summed E-state index contributed by atoms with van der Waals surface area (Å²) in [6.07, 6.45) is 0. The van der Waals surface area contributed by atoms with E-state index in [-0.39, 0.29) is 6.04 Å². The summed E-state index contributed by atoms with van der Waals surface area (Å²) in [5.41, 5.74) is 0. The highest BCUT2D eigenvalue weighted by Crippen LogP contribution is 2.08. The number of aromatic amines is 1. The summed E-state index contributed by atoms with van der Waals surface area (Å²) in [7, 11) is 0. The third kappa shape index (κ3) is 1.39. The Bertz CT molecular complexity index is 299. The molecule has 1 atom stereocenters. The fourth-order valence-corrected chi connectivity index (χ4v) is 1.13. The highest BCUT2D eigenvalue weighted by molar-refractivity contribution is 4.91. The molecule has 1 saturated heterocycles. The maximum Gasteiger partial charge on any atom is 0.438 e. The maximum absolute atomic E-state index is 10.6. The van der Waals surface area contributed by atoms with Crippen LogP contribution < -0.4 is 11.1 Å². The summed E-state index contributed by atoms with van der Waals surface area (Å²) in [4.78, 5) is 13.0. The van der Waals surface area contributed by atoms with E-state index in [0.29, 0.717) is 19.0 Å². The number of morpholine rings is 1. The lowest BCUT2D eigenvalue weighted by atomic mass is 10.3. The number of nitrogens with zero attached hydrogens (tertiary/aromatic N) is 1. The smallest absolute Gasteiger partial charge is 0.378 e. The minimum absolute atomic E-state index is 0.0507. The molecule has 1 fully saturated rings. The van der Waals surface area contributed by atoms with Crippen LogP contribution in [0.5, 0.6) is 0 Å². The SMILES string of the molecule is O=c1[nH]c([C@@H]2COCCN2)no1. The van der Waals surface area contributed by atoms with Gasteiger partial charge in [0.1, 0.15) is 0 Å². The standard InChI is InChI=1S/C6H9N3O3/c10-6-8-5(9-12-6)4-3-11-2-1-7-4/h4,7H,1-3H2,(H,8,9,10)/t4-/m0/s1. The van der Waals surface area contributed by atoms with Crippen molar-refractivity contribution in [3.63, 3.8) is 0 Å². The van der Waals surface area contributed by atoms with Crippen LogP contribution in [-0.2, 0) is 4.74 Å². The number of hydrogen-bond donors (Lipinski definition) is 2. The van der Waals surface area contributed by atoms with Gasteiger partial charge in [0.05, 0.1) is 19.3 Å². The molecule has 0 saturated carbocycles. The molecule has 0 aromatic carbocycles. The third-order valence-corrected chi connectivity index (χ3v) is 1.71. The van der Waals surface area contributed by atoms with Crippen molar-refractivity contribution >= 4 is 0 Å². The van der Waals surface area contributed by atoms with Crippen molar-refractivity contribution in [2.45, 2.75) is 6.04 Å². The van der Waals surface area contributed by atoms with Gasteiger partial charge in [-0.15, -0.1) is 0 Å². The topological polar surface area (TPSA) is 80.2 Å². The van der Waals surface area contributed by atoms with Gasteiger partial charge in [-0.1, -0.05) is 5.16 Å². The van der Waals surface area contributed by atoms with Crippen LogP contribution in [0.25, 0.3) is 0 Å². The first-order chi connectivity index (χ1) is 5.86. The normalized spacial score (nSPS) is 24.2. The average molecular weight is 171 g/mol. The number of aromatic nitrogens is 2. The molecule has 1 aromatic heterocycles. The van der Waals surface area contributed by atoms with Gasteiger partial charge in [-0.25, -0.2) is 4.79 Å². The Morgan fingerprint density at radius 1 is 1.58 bits per heavy atom. The molecule has 1 aliphatic rings. The monoisotopic (exact) mass is 171 g/mol. The van der Waals surface area contributed by atoms with Crippen molar-refractivity contribution in [2.75, 3.05) is 19.8 Å². The van der Waals surface area contributed by atoms with Crippen LogP contribution in [0.4, 0.5) is 0 Å². The van der Waals surface area contributed by atoms with E-state index in [1.54, 1.807) is 0 Å². The van der Waals surface area contributed by atoms with Gasteiger partial charge in [-0.05, 0) is 0 Å². The minimum Gasteiger partial charge on any atom is -0.378 e. The van der Waals surface area contributed by atoms with Crippen LogP contribution in [0.2, 0.25) is 0 Å². The zero-order valence-corrected chi connectivity index (χ0v) is 6.37. The summed E-state index contributed by atoms with van der Waals surface area (Å²) in [5.74, 6) is -0.0305. The van der Waals surface area contributed by atoms with E-state index in [1.807, 2.05) is 0 Å². The van der Waals surface area contributed by atoms with E-state index in [1.165, 1.54) is 0 Å². The Morgan fingerprint density at radius 3 is 3.08 bits per heavy atom. The molecule has 0 spiro atoms. The molecular weight excluding hydrogens is 162 g/mol. The summed E-state index contributed by atoms with van der Waals surface area (Å²) >= 11 is 0. The van der Waals surface area contributed by atoms with E-state index >= 15 is 0 Å². The molecule has 0 aliphatic carbocycles. The van der Waals surface area contributed by atoms with Crippen LogP contribution in [0, 0.1) is 0 Å². The molecule has 2 N–H and O–H groups in total. The second kappa shape index (κ2) is 3.08. The average Bonchev–Trinajstić information content (AvgIpc) is 2.54. The van der Waals surface area contributed by atoms with Gasteiger partial charge in [-0.3, -0.25) is 9.51 Å². The first kappa shape index (κ1) is 7.51. The van der Waals surface area contributed by atoms with E-state index in [2.05, 4.69) is 20.0 Å². The highest BCUT2D eigenvalue weighted by Gasteiger charge is 2.18. The molecule has 0 amide bonds. The Hall–Kier alpha value is -1.14. The summed E-state index contributed by atoms with van der Waals surface area (Å²) in [6.45, 7) is 1.97. The van der Waals surface area contributed by atoms with Gasteiger partial charge >= 0.3 is 5.76 Å². The summed E-state index contributed by atoms with van der Waals surface area (Å²) in [5, 5.41) is 6.68. The predicted octanol–water partition coefficient (Wildman–Crippen LogP) is -0.976. The van der Waals surface area contributed by atoms with Crippen molar-refractivity contribution < 1.29 is 9.26 Å². The lowest BCUT2D eigenvalue weighted by Gasteiger charge is -2.20. The molecule has 66 valence electrons. The number of hydrogen-bond acceptors (Lipinski definition) is 5. The molecule has 6 nitrogen and oxygen atoms in total. The highest BCUT2D eigenvalue weighted by atomic mass is 16.5. The Labute approximate surface area is 67.9 Å². The third-order valence-electron chi connectivity index (χ3n) is 1.71. The summed E-state index contributed by atoms with van der Waals surface area (Å²) in [6, 6.07) is -0.0507. The van der Waals surface area contributed by atoms with E-state index in [0.717, 1.165) is 6.54 Å². The first-order valence-corrected chi connectivity index (χ1v) is 3.73. The number of H-pyrrole nitrogens is 1. The zero-order chi connectivity index (χ0) is 8.39. The zero-order valence-electron chi connectivity index (χ0n) is 6.37. The van der Waals surface area contributed by atoms with Gasteiger partial charge < -0.3 is 10.1 Å². The molecule has 12 heavy (non-hydrogen) atoms. The van der Waals surface area contributed by atoms with Crippen molar-refractivity contribution in [1.29, 1.82) is 0 Å². The van der Waals surface area contributed by atoms with Crippen LogP contribution in [-0.4, -0.2) is 29.9 Å². The molecule has 0 radical (unpaired) electrons. The fourth-order valence-electron chi connectivity index (χ4n) is 1.13. The molecular formula is C6H9N3O3. The van der Waals surface area contributed by atoms with Gasteiger partial charge in [0.15, 0.2) is 5.82 Å². The van der Waals surface area contributed by atoms with Crippen molar-refractivity contribution in [1.82, 2.24) is 15.5 Å². The van der Waals surface area contributed by atoms with Gasteiger partial charge in [0.25, 0.3) is 0 Å². The van der Waals surface area contributed by atoms with Crippen LogP contribution in [0.1, 0.15) is 11.9 Å². The fraction of sp³-hybridized carbons (Fsp3) is 0.667. The molecule has 2 rings (SSSR count). The second-order valence-electron chi connectivity index (χ2n) is 2.56. The van der Waals surface area contributed by atoms with E-state index in [4.69, 9.17) is 4.74 Å². The van der Waals surface area contributed by atoms with Gasteiger partial charge in [0.2, 0.25) is 0 Å². The van der Waals surface area contributed by atoms with Crippen LogP contribution in [0.15, 0.2) is 9.32 Å². The maximum atomic E-state index is 10.6. The first-order valence-electron chi connectivity index (χ1n) is 3.73. The minimum atomic E-state index is -0.530. The molecule has 6 heteroatoms. The number of rotatable bonds is 1. The number of ether oxygens (including phenoxy) is 1. The molecule has 0 bridgehead atoms.